The molecule has 4 unspecified atom stereocenters. The van der Waals surface area contributed by atoms with Crippen molar-refractivity contribution in [3.8, 4) is 0 Å². The van der Waals surface area contributed by atoms with Gasteiger partial charge in [-0.15, -0.1) is 0 Å². The van der Waals surface area contributed by atoms with E-state index >= 15 is 0 Å². The highest BCUT2D eigenvalue weighted by Crippen LogP contribution is 2.48. The number of hydrogen-bond acceptors (Lipinski definition) is 3. The van der Waals surface area contributed by atoms with Gasteiger partial charge in [0.05, 0.1) is 5.92 Å². The van der Waals surface area contributed by atoms with Gasteiger partial charge in [0.25, 0.3) is 0 Å². The quantitative estimate of drug-likeness (QED) is 0.799. The number of carboxylic acid groups (broad SMARTS) is 1. The summed E-state index contributed by atoms with van der Waals surface area (Å²) in [5, 5.41) is 9.31. The minimum absolute atomic E-state index is 0.0744. The zero-order valence-corrected chi connectivity index (χ0v) is 11.9. The summed E-state index contributed by atoms with van der Waals surface area (Å²) in [6.45, 7) is 5.38. The maximum Gasteiger partial charge on any atom is 0.329 e. The van der Waals surface area contributed by atoms with Crippen molar-refractivity contribution in [2.45, 2.75) is 51.6 Å². The summed E-state index contributed by atoms with van der Waals surface area (Å²) in [5.41, 5.74) is 5.01. The van der Waals surface area contributed by atoms with Crippen LogP contribution in [-0.2, 0) is 9.59 Å². The van der Waals surface area contributed by atoms with Crippen molar-refractivity contribution >= 4 is 11.9 Å². The lowest BCUT2D eigenvalue weighted by atomic mass is 9.83. The molecule has 0 heterocycles. The van der Waals surface area contributed by atoms with Crippen molar-refractivity contribution < 1.29 is 14.7 Å². The molecular formula is C14H24N2O3. The second-order valence-electron chi connectivity index (χ2n) is 6.38. The van der Waals surface area contributed by atoms with Gasteiger partial charge in [-0.2, -0.15) is 0 Å². The molecule has 0 saturated heterocycles. The Bertz CT molecular complexity index is 392. The van der Waals surface area contributed by atoms with E-state index in [2.05, 4.69) is 0 Å². The van der Waals surface area contributed by atoms with Crippen LogP contribution in [0.1, 0.15) is 40.0 Å². The standard InChI is InChI=1S/C14H24N2O3/c1-4-16(14(2,3)13(18)19)12(17)10-8-5-6-9(7-8)11(10)15/h8-11H,4-7,15H2,1-3H3,(H,18,19). The molecule has 2 saturated carbocycles. The van der Waals surface area contributed by atoms with Crippen molar-refractivity contribution in [2.75, 3.05) is 6.54 Å². The highest BCUT2D eigenvalue weighted by atomic mass is 16.4. The van der Waals surface area contributed by atoms with Crippen LogP contribution >= 0.6 is 0 Å². The lowest BCUT2D eigenvalue weighted by Crippen LogP contribution is -2.57. The fourth-order valence-corrected chi connectivity index (χ4v) is 3.82. The molecule has 2 aliphatic carbocycles. The van der Waals surface area contributed by atoms with Crippen LogP contribution in [0.4, 0.5) is 0 Å². The Morgan fingerprint density at radius 3 is 2.32 bits per heavy atom. The molecule has 0 aliphatic heterocycles. The Kier molecular flexibility index (Phi) is 3.60. The summed E-state index contributed by atoms with van der Waals surface area (Å²) in [6.07, 6.45) is 3.20. The number of likely N-dealkylation sites (N-methyl/N-ethyl adjacent to an activating group) is 1. The van der Waals surface area contributed by atoms with Crippen LogP contribution in [0.3, 0.4) is 0 Å². The summed E-state index contributed by atoms with van der Waals surface area (Å²) in [7, 11) is 0. The summed E-state index contributed by atoms with van der Waals surface area (Å²) >= 11 is 0. The monoisotopic (exact) mass is 268 g/mol. The number of amides is 1. The molecule has 2 fully saturated rings. The van der Waals surface area contributed by atoms with Gasteiger partial charge in [0.1, 0.15) is 5.54 Å². The first-order valence-electron chi connectivity index (χ1n) is 7.11. The predicted octanol–water partition coefficient (Wildman–Crippen LogP) is 1.07. The average molecular weight is 268 g/mol. The number of fused-ring (bicyclic) bond motifs is 2. The van der Waals surface area contributed by atoms with E-state index in [0.717, 1.165) is 19.3 Å². The highest BCUT2D eigenvalue weighted by molar-refractivity contribution is 5.88. The second-order valence-corrected chi connectivity index (χ2v) is 6.38. The Morgan fingerprint density at radius 1 is 1.32 bits per heavy atom. The SMILES string of the molecule is CCN(C(=O)C1C2CCC(C2)C1N)C(C)(C)C(=O)O. The summed E-state index contributed by atoms with van der Waals surface area (Å²) in [6, 6.07) is -0.0927. The third-order valence-electron chi connectivity index (χ3n) is 5.05. The van der Waals surface area contributed by atoms with Gasteiger partial charge in [0, 0.05) is 12.6 Å². The number of hydrogen-bond donors (Lipinski definition) is 2. The van der Waals surface area contributed by atoms with E-state index in [-0.39, 0.29) is 17.9 Å². The molecule has 0 aromatic carbocycles. The smallest absolute Gasteiger partial charge is 0.329 e. The molecule has 108 valence electrons. The van der Waals surface area contributed by atoms with Crippen LogP contribution in [0.2, 0.25) is 0 Å². The molecule has 0 aromatic rings. The van der Waals surface area contributed by atoms with Gasteiger partial charge in [-0.05, 0) is 51.9 Å². The molecule has 0 spiro atoms. The van der Waals surface area contributed by atoms with E-state index in [1.165, 1.54) is 4.90 Å². The van der Waals surface area contributed by atoms with Crippen LogP contribution in [0.25, 0.3) is 0 Å². The Balaban J connectivity index is 2.20. The second kappa shape index (κ2) is 4.78. The topological polar surface area (TPSA) is 83.6 Å². The number of nitrogens with two attached hydrogens (primary N) is 1. The van der Waals surface area contributed by atoms with Gasteiger partial charge in [-0.1, -0.05) is 0 Å². The molecule has 2 rings (SSSR count). The maximum atomic E-state index is 12.7. The van der Waals surface area contributed by atoms with E-state index in [9.17, 15) is 14.7 Å². The molecule has 5 nitrogen and oxygen atoms in total. The minimum Gasteiger partial charge on any atom is -0.480 e. The average Bonchev–Trinajstić information content (AvgIpc) is 2.89. The Morgan fingerprint density at radius 2 is 1.89 bits per heavy atom. The maximum absolute atomic E-state index is 12.7. The first-order chi connectivity index (χ1) is 8.80. The first kappa shape index (κ1) is 14.3. The minimum atomic E-state index is -1.17. The molecule has 1 amide bonds. The van der Waals surface area contributed by atoms with Crippen LogP contribution < -0.4 is 5.73 Å². The van der Waals surface area contributed by atoms with Crippen LogP contribution in [0.5, 0.6) is 0 Å². The molecule has 2 aliphatic rings. The molecule has 5 heteroatoms. The lowest BCUT2D eigenvalue weighted by molar-refractivity contribution is -0.159. The van der Waals surface area contributed by atoms with Gasteiger partial charge < -0.3 is 15.7 Å². The van der Waals surface area contributed by atoms with Gasteiger partial charge in [-0.3, -0.25) is 4.79 Å². The predicted molar refractivity (Wildman–Crippen MR) is 71.4 cm³/mol. The Labute approximate surface area is 114 Å². The fourth-order valence-electron chi connectivity index (χ4n) is 3.82. The van der Waals surface area contributed by atoms with E-state index in [0.29, 0.717) is 18.4 Å². The van der Waals surface area contributed by atoms with E-state index in [1.54, 1.807) is 13.8 Å². The molecule has 4 atom stereocenters. The van der Waals surface area contributed by atoms with E-state index < -0.39 is 11.5 Å². The summed E-state index contributed by atoms with van der Waals surface area (Å²) < 4.78 is 0. The van der Waals surface area contributed by atoms with Crippen LogP contribution in [0, 0.1) is 17.8 Å². The number of nitrogens with zero attached hydrogens (tertiary/aromatic N) is 1. The van der Waals surface area contributed by atoms with Crippen molar-refractivity contribution in [1.29, 1.82) is 0 Å². The summed E-state index contributed by atoms with van der Waals surface area (Å²) in [5.74, 6) is -0.428. The number of rotatable bonds is 4. The van der Waals surface area contributed by atoms with E-state index in [4.69, 9.17) is 5.73 Å². The third-order valence-corrected chi connectivity index (χ3v) is 5.05. The normalized spacial score (nSPS) is 33.5. The van der Waals surface area contributed by atoms with Gasteiger partial charge >= 0.3 is 5.97 Å². The lowest BCUT2D eigenvalue weighted by Gasteiger charge is -2.39. The van der Waals surface area contributed by atoms with Crippen molar-refractivity contribution in [1.82, 2.24) is 4.90 Å². The first-order valence-corrected chi connectivity index (χ1v) is 7.11. The van der Waals surface area contributed by atoms with Gasteiger partial charge in [0.2, 0.25) is 5.91 Å². The molecule has 3 N–H and O–H groups in total. The fraction of sp³-hybridized carbons (Fsp3) is 0.857. The molecule has 0 radical (unpaired) electrons. The third kappa shape index (κ3) is 2.14. The van der Waals surface area contributed by atoms with Gasteiger partial charge in [-0.25, -0.2) is 4.79 Å². The van der Waals surface area contributed by atoms with Crippen LogP contribution in [-0.4, -0.2) is 40.0 Å². The highest BCUT2D eigenvalue weighted by Gasteiger charge is 2.52. The number of carboxylic acids is 1. The van der Waals surface area contributed by atoms with Crippen molar-refractivity contribution in [2.24, 2.45) is 23.5 Å². The summed E-state index contributed by atoms with van der Waals surface area (Å²) in [4.78, 5) is 25.5. The van der Waals surface area contributed by atoms with Crippen molar-refractivity contribution in [3.63, 3.8) is 0 Å². The molecule has 19 heavy (non-hydrogen) atoms. The van der Waals surface area contributed by atoms with Gasteiger partial charge in [0.15, 0.2) is 0 Å². The number of aliphatic carboxylic acids is 1. The van der Waals surface area contributed by atoms with Crippen LogP contribution in [0.15, 0.2) is 0 Å². The van der Waals surface area contributed by atoms with Crippen molar-refractivity contribution in [3.05, 3.63) is 0 Å². The Hall–Kier alpha value is -1.10. The molecule has 2 bridgehead atoms. The number of carbonyl (C=O) groups excluding carboxylic acids is 1. The molecule has 0 aromatic heterocycles. The number of carbonyl (C=O) groups is 2. The van der Waals surface area contributed by atoms with E-state index in [1.807, 2.05) is 6.92 Å². The zero-order chi connectivity index (χ0) is 14.4. The largest absolute Gasteiger partial charge is 0.480 e. The zero-order valence-electron chi connectivity index (χ0n) is 11.9. The molecular weight excluding hydrogens is 244 g/mol.